The maximum absolute atomic E-state index is 13.4. The van der Waals surface area contributed by atoms with Crippen LogP contribution in [0.25, 0.3) is 5.57 Å². The van der Waals surface area contributed by atoms with Crippen molar-refractivity contribution < 1.29 is 9.59 Å². The molecule has 1 aliphatic rings. The van der Waals surface area contributed by atoms with E-state index in [0.29, 0.717) is 21.8 Å². The Bertz CT molecular complexity index is 1180. The summed E-state index contributed by atoms with van der Waals surface area (Å²) in [6, 6.07) is 20.2. The summed E-state index contributed by atoms with van der Waals surface area (Å²) in [5.74, 6) is -0.753. The highest BCUT2D eigenvalue weighted by atomic mass is 35.5. The number of hydrogen-bond acceptors (Lipinski definition) is 3. The van der Waals surface area contributed by atoms with Crippen LogP contribution in [0, 0.1) is 20.8 Å². The highest BCUT2D eigenvalue weighted by Gasteiger charge is 2.40. The largest absolute Gasteiger partial charge is 0.350 e. The Morgan fingerprint density at radius 1 is 0.767 bits per heavy atom. The summed E-state index contributed by atoms with van der Waals surface area (Å²) in [6.07, 6.45) is 0. The highest BCUT2D eigenvalue weighted by Crippen LogP contribution is 2.34. The van der Waals surface area contributed by atoms with E-state index in [4.69, 9.17) is 11.6 Å². The zero-order valence-corrected chi connectivity index (χ0v) is 17.7. The Kier molecular flexibility index (Phi) is 5.18. The number of hydrogen-bond donors (Lipinski definition) is 1. The molecular weight excluding hydrogens is 396 g/mol. The summed E-state index contributed by atoms with van der Waals surface area (Å²) in [7, 11) is 0. The van der Waals surface area contributed by atoms with Crippen LogP contribution in [0.15, 0.2) is 72.4 Å². The van der Waals surface area contributed by atoms with Gasteiger partial charge in [-0.3, -0.25) is 9.59 Å². The van der Waals surface area contributed by atoms with Gasteiger partial charge in [0.25, 0.3) is 11.8 Å². The lowest BCUT2D eigenvalue weighted by molar-refractivity contribution is -0.120. The summed E-state index contributed by atoms with van der Waals surface area (Å²) >= 11 is 5.99. The number of anilines is 2. The molecular formula is C25H21ClN2O2. The highest BCUT2D eigenvalue weighted by molar-refractivity contribution is 6.46. The molecule has 0 fully saturated rings. The monoisotopic (exact) mass is 416 g/mol. The van der Waals surface area contributed by atoms with E-state index in [2.05, 4.69) is 5.32 Å². The summed E-state index contributed by atoms with van der Waals surface area (Å²) in [6.45, 7) is 5.97. The topological polar surface area (TPSA) is 49.4 Å². The smallest absolute Gasteiger partial charge is 0.282 e. The van der Waals surface area contributed by atoms with Gasteiger partial charge in [0.15, 0.2) is 0 Å². The van der Waals surface area contributed by atoms with Crippen LogP contribution in [0.4, 0.5) is 11.4 Å². The predicted molar refractivity (Wildman–Crippen MR) is 122 cm³/mol. The quantitative estimate of drug-likeness (QED) is 0.558. The van der Waals surface area contributed by atoms with Crippen molar-refractivity contribution in [3.8, 4) is 0 Å². The molecule has 3 aromatic carbocycles. The number of halogens is 1. The van der Waals surface area contributed by atoms with E-state index in [1.54, 1.807) is 24.3 Å². The van der Waals surface area contributed by atoms with E-state index in [1.807, 2.05) is 63.2 Å². The Morgan fingerprint density at radius 3 is 2.03 bits per heavy atom. The lowest BCUT2D eigenvalue weighted by Gasteiger charge is -2.16. The van der Waals surface area contributed by atoms with Crippen molar-refractivity contribution in [2.75, 3.05) is 10.2 Å². The van der Waals surface area contributed by atoms with Crippen LogP contribution in [-0.4, -0.2) is 11.8 Å². The fraction of sp³-hybridized carbons (Fsp3) is 0.120. The zero-order chi connectivity index (χ0) is 21.4. The van der Waals surface area contributed by atoms with Gasteiger partial charge in [0.2, 0.25) is 0 Å². The van der Waals surface area contributed by atoms with E-state index < -0.39 is 5.91 Å². The van der Waals surface area contributed by atoms with Gasteiger partial charge in [0.05, 0.1) is 11.3 Å². The van der Waals surface area contributed by atoms with Gasteiger partial charge in [-0.1, -0.05) is 59.1 Å². The second kappa shape index (κ2) is 7.81. The van der Waals surface area contributed by atoms with Crippen LogP contribution in [-0.2, 0) is 9.59 Å². The van der Waals surface area contributed by atoms with Gasteiger partial charge in [-0.25, -0.2) is 4.90 Å². The van der Waals surface area contributed by atoms with E-state index >= 15 is 0 Å². The minimum atomic E-state index is -0.391. The van der Waals surface area contributed by atoms with E-state index in [1.165, 1.54) is 4.90 Å². The van der Waals surface area contributed by atoms with Crippen LogP contribution >= 0.6 is 11.6 Å². The van der Waals surface area contributed by atoms with Gasteiger partial charge in [0, 0.05) is 10.7 Å². The first-order valence-electron chi connectivity index (χ1n) is 9.65. The first-order chi connectivity index (χ1) is 14.3. The molecule has 0 spiro atoms. The molecule has 0 atom stereocenters. The molecule has 0 aliphatic carbocycles. The first kappa shape index (κ1) is 19.9. The second-order valence-corrected chi connectivity index (χ2v) is 7.92. The third-order valence-electron chi connectivity index (χ3n) is 5.15. The predicted octanol–water partition coefficient (Wildman–Crippen LogP) is 5.66. The molecule has 0 saturated heterocycles. The fourth-order valence-electron chi connectivity index (χ4n) is 3.55. The second-order valence-electron chi connectivity index (χ2n) is 7.48. The van der Waals surface area contributed by atoms with Crippen LogP contribution in [0.2, 0.25) is 5.02 Å². The molecule has 30 heavy (non-hydrogen) atoms. The van der Waals surface area contributed by atoms with E-state index in [-0.39, 0.29) is 11.6 Å². The molecule has 1 aliphatic heterocycles. The number of carbonyl (C=O) groups excluding carboxylic acids is 2. The number of carbonyl (C=O) groups is 2. The SMILES string of the molecule is Cc1ccc(C2=C(Nc3ccc(C)cc3C)C(=O)N(c3ccc(Cl)cc3)C2=O)cc1. The molecule has 4 rings (SSSR count). The molecule has 150 valence electrons. The third kappa shape index (κ3) is 3.62. The number of nitrogens with one attached hydrogen (secondary N) is 1. The summed E-state index contributed by atoms with van der Waals surface area (Å²) < 4.78 is 0. The molecule has 0 unspecified atom stereocenters. The Labute approximate surface area is 180 Å². The molecule has 1 N–H and O–H groups in total. The molecule has 4 nitrogen and oxygen atoms in total. The molecule has 3 aromatic rings. The van der Waals surface area contributed by atoms with Crippen molar-refractivity contribution in [2.24, 2.45) is 0 Å². The lowest BCUT2D eigenvalue weighted by Crippen LogP contribution is -2.32. The van der Waals surface area contributed by atoms with Crippen molar-refractivity contribution in [3.63, 3.8) is 0 Å². The molecule has 0 saturated carbocycles. The Hall–Kier alpha value is -3.37. The number of benzene rings is 3. The van der Waals surface area contributed by atoms with Crippen LogP contribution in [0.1, 0.15) is 22.3 Å². The summed E-state index contributed by atoms with van der Waals surface area (Å²) in [4.78, 5) is 28.0. The first-order valence-corrected chi connectivity index (χ1v) is 10.0. The van der Waals surface area contributed by atoms with Gasteiger partial charge in [-0.05, 0) is 62.2 Å². The van der Waals surface area contributed by atoms with Crippen LogP contribution < -0.4 is 10.2 Å². The van der Waals surface area contributed by atoms with Gasteiger partial charge >= 0.3 is 0 Å². The molecule has 5 heteroatoms. The van der Waals surface area contributed by atoms with Crippen LogP contribution in [0.5, 0.6) is 0 Å². The molecule has 0 bridgehead atoms. The number of aryl methyl sites for hydroxylation is 3. The number of imide groups is 1. The molecule has 2 amide bonds. The van der Waals surface area contributed by atoms with Gasteiger partial charge in [-0.2, -0.15) is 0 Å². The summed E-state index contributed by atoms with van der Waals surface area (Å²) in [5, 5.41) is 3.77. The lowest BCUT2D eigenvalue weighted by atomic mass is 10.0. The minimum absolute atomic E-state index is 0.269. The summed E-state index contributed by atoms with van der Waals surface area (Å²) in [5.41, 5.74) is 5.80. The van der Waals surface area contributed by atoms with Gasteiger partial charge in [-0.15, -0.1) is 0 Å². The molecule has 1 heterocycles. The molecule has 0 aromatic heterocycles. The fourth-order valence-corrected chi connectivity index (χ4v) is 3.67. The van der Waals surface area contributed by atoms with Gasteiger partial charge in [0.1, 0.15) is 5.70 Å². The van der Waals surface area contributed by atoms with E-state index in [9.17, 15) is 9.59 Å². The van der Waals surface area contributed by atoms with Crippen molar-refractivity contribution >= 4 is 40.4 Å². The average molecular weight is 417 g/mol. The number of rotatable bonds is 4. The zero-order valence-electron chi connectivity index (χ0n) is 17.0. The van der Waals surface area contributed by atoms with E-state index in [0.717, 1.165) is 22.4 Å². The maximum Gasteiger partial charge on any atom is 0.282 e. The van der Waals surface area contributed by atoms with Crippen molar-refractivity contribution in [1.29, 1.82) is 0 Å². The Balaban J connectivity index is 1.83. The minimum Gasteiger partial charge on any atom is -0.350 e. The van der Waals surface area contributed by atoms with Crippen molar-refractivity contribution in [3.05, 3.63) is 99.7 Å². The molecule has 0 radical (unpaired) electrons. The van der Waals surface area contributed by atoms with Crippen molar-refractivity contribution in [1.82, 2.24) is 0 Å². The van der Waals surface area contributed by atoms with Crippen LogP contribution in [0.3, 0.4) is 0 Å². The maximum atomic E-state index is 13.4. The van der Waals surface area contributed by atoms with Gasteiger partial charge < -0.3 is 5.32 Å². The normalized spacial score (nSPS) is 13.9. The third-order valence-corrected chi connectivity index (χ3v) is 5.40. The average Bonchev–Trinajstić information content (AvgIpc) is 2.95. The Morgan fingerprint density at radius 2 is 1.40 bits per heavy atom. The number of amides is 2. The standard InChI is InChI=1S/C25H21ClN2O2/c1-15-4-7-18(8-5-15)22-23(27-21-13-6-16(2)14-17(21)3)25(30)28(24(22)29)20-11-9-19(26)10-12-20/h4-14,27H,1-3H3. The number of nitrogens with zero attached hydrogens (tertiary/aromatic N) is 1. The van der Waals surface area contributed by atoms with Crippen molar-refractivity contribution in [2.45, 2.75) is 20.8 Å².